The third kappa shape index (κ3) is 22.3. The molecule has 2 unspecified atom stereocenters. The summed E-state index contributed by atoms with van der Waals surface area (Å²) in [7, 11) is 0. The van der Waals surface area contributed by atoms with Crippen LogP contribution >= 0.6 is 0 Å². The number of hydrogen-bond donors (Lipinski definition) is 2. The van der Waals surface area contributed by atoms with Gasteiger partial charge in [-0.05, 0) is 131 Å². The molecule has 71 heavy (non-hydrogen) atoms. The topological polar surface area (TPSA) is 111 Å². The molecular formula is C63H84N2O6. The van der Waals surface area contributed by atoms with Gasteiger partial charge in [-0.25, -0.2) is 0 Å². The third-order valence-electron chi connectivity index (χ3n) is 12.9. The summed E-state index contributed by atoms with van der Waals surface area (Å²) in [4.78, 5) is 51.1. The lowest BCUT2D eigenvalue weighted by atomic mass is 9.86. The first-order valence-corrected chi connectivity index (χ1v) is 25.6. The molecule has 382 valence electrons. The van der Waals surface area contributed by atoms with E-state index in [9.17, 15) is 19.2 Å². The number of amides is 2. The quantitative estimate of drug-likeness (QED) is 0.0281. The highest BCUT2D eigenvalue weighted by molar-refractivity contribution is 6.08. The summed E-state index contributed by atoms with van der Waals surface area (Å²) in [5, 5.41) is 5.85. The second kappa shape index (κ2) is 32.8. The van der Waals surface area contributed by atoms with Gasteiger partial charge in [-0.1, -0.05) is 168 Å². The molecule has 8 heteroatoms. The van der Waals surface area contributed by atoms with Crippen LogP contribution in [-0.4, -0.2) is 62.9 Å². The summed E-state index contributed by atoms with van der Waals surface area (Å²) in [6, 6.07) is 39.3. The molecule has 0 aliphatic carbocycles. The van der Waals surface area contributed by atoms with Crippen molar-refractivity contribution < 1.29 is 28.7 Å². The fourth-order valence-corrected chi connectivity index (χ4v) is 7.52. The zero-order valence-electron chi connectivity index (χ0n) is 43.2. The van der Waals surface area contributed by atoms with Gasteiger partial charge in [0.15, 0.2) is 11.6 Å². The third-order valence-corrected chi connectivity index (χ3v) is 12.9. The average molecular weight is 965 g/mol. The van der Waals surface area contributed by atoms with E-state index in [1.54, 1.807) is 48.5 Å². The molecule has 2 amide bonds. The molecule has 0 saturated carbocycles. The Labute approximate surface area is 427 Å². The number of nitrogens with one attached hydrogen (secondary N) is 2. The second-order valence-electron chi connectivity index (χ2n) is 19.1. The number of rotatable bonds is 29. The molecule has 0 bridgehead atoms. The van der Waals surface area contributed by atoms with Gasteiger partial charge in [0.2, 0.25) is 0 Å². The van der Waals surface area contributed by atoms with Gasteiger partial charge in [-0.15, -0.1) is 0 Å². The number of ether oxygens (including phenoxy) is 2. The first-order valence-electron chi connectivity index (χ1n) is 25.6. The smallest absolute Gasteiger partial charge is 0.251 e. The average Bonchev–Trinajstić information content (AvgIpc) is 3.38. The second-order valence-corrected chi connectivity index (χ2v) is 19.1. The standard InChI is InChI=1S/C35H45NO3.C27H35NO3.CH4/c1-5-26(2)25-39-24-6-23-36-35(38)33-21-19-32(20-22-33)34(37)31(17-15-29-11-7-27(3)8-12-29)18-16-30-13-9-28(4)10-14-30;1-5-20(2)19-31-18-6-17-28-27(30)25-15-13-24(14-16-25)26(29)22(4)9-12-23-10-7-21(3)8-11-23;/h7-14,19-22,26,31H,5-6,15-18,23-25H2,1-4H3,(H,36,38);7-8,10-11,13-16,20H,4-6,9,12,17-19H2,1-3H3,(H,28,30);1H4. The molecule has 2 N–H and O–H groups in total. The predicted octanol–water partition coefficient (Wildman–Crippen LogP) is 13.7. The molecule has 0 saturated heterocycles. The van der Waals surface area contributed by atoms with Crippen molar-refractivity contribution in [3.05, 3.63) is 189 Å². The highest BCUT2D eigenvalue weighted by atomic mass is 16.5. The maximum atomic E-state index is 13.6. The van der Waals surface area contributed by atoms with Gasteiger partial charge in [0.05, 0.1) is 0 Å². The SMILES string of the molecule is C.C=C(CCc1ccc(C)cc1)C(=O)c1ccc(C(=O)NCCCOCC(C)CC)cc1.CCC(C)COCCCNC(=O)c1ccc(C(=O)C(CCc2ccc(C)cc2)CCc2ccc(C)cc2)cc1. The van der Waals surface area contributed by atoms with Crippen LogP contribution in [0.25, 0.3) is 0 Å². The largest absolute Gasteiger partial charge is 0.381 e. The van der Waals surface area contributed by atoms with Gasteiger partial charge >= 0.3 is 0 Å². The molecule has 0 aliphatic heterocycles. The summed E-state index contributed by atoms with van der Waals surface area (Å²) >= 11 is 0. The Morgan fingerprint density at radius 2 is 0.859 bits per heavy atom. The Bertz CT molecular complexity index is 2290. The van der Waals surface area contributed by atoms with Crippen LogP contribution in [0.3, 0.4) is 0 Å². The van der Waals surface area contributed by atoms with Crippen molar-refractivity contribution in [3.8, 4) is 0 Å². The summed E-state index contributed by atoms with van der Waals surface area (Å²) in [6.45, 7) is 22.8. The molecule has 8 nitrogen and oxygen atoms in total. The molecule has 0 radical (unpaired) electrons. The van der Waals surface area contributed by atoms with E-state index in [1.807, 2.05) is 0 Å². The lowest BCUT2D eigenvalue weighted by Gasteiger charge is -2.17. The number of hydrogen-bond acceptors (Lipinski definition) is 6. The summed E-state index contributed by atoms with van der Waals surface area (Å²) in [5.74, 6) is 0.866. The molecule has 0 fully saturated rings. The van der Waals surface area contributed by atoms with Gasteiger partial charge < -0.3 is 20.1 Å². The van der Waals surface area contributed by atoms with E-state index in [4.69, 9.17) is 9.47 Å². The van der Waals surface area contributed by atoms with Crippen LogP contribution in [0.4, 0.5) is 0 Å². The Hall–Kier alpha value is -5.96. The molecule has 0 aliphatic rings. The molecule has 5 aromatic carbocycles. The normalized spacial score (nSPS) is 11.7. The minimum Gasteiger partial charge on any atom is -0.381 e. The van der Waals surface area contributed by atoms with E-state index < -0.39 is 0 Å². The number of ketones is 2. The molecule has 0 aromatic heterocycles. The Balaban J connectivity index is 0.000000380. The minimum atomic E-state index is -0.140. The van der Waals surface area contributed by atoms with Crippen LogP contribution in [0.2, 0.25) is 0 Å². The van der Waals surface area contributed by atoms with Crippen molar-refractivity contribution in [1.82, 2.24) is 10.6 Å². The van der Waals surface area contributed by atoms with Crippen LogP contribution in [0.1, 0.15) is 155 Å². The van der Waals surface area contributed by atoms with Crippen molar-refractivity contribution in [3.63, 3.8) is 0 Å². The summed E-state index contributed by atoms with van der Waals surface area (Å²) in [5.41, 5.74) is 10.3. The lowest BCUT2D eigenvalue weighted by Crippen LogP contribution is -2.25. The van der Waals surface area contributed by atoms with E-state index in [-0.39, 0.29) is 36.7 Å². The highest BCUT2D eigenvalue weighted by Crippen LogP contribution is 2.23. The van der Waals surface area contributed by atoms with Crippen molar-refractivity contribution in [2.75, 3.05) is 39.5 Å². The number of aryl methyl sites for hydroxylation is 6. The van der Waals surface area contributed by atoms with Crippen molar-refractivity contribution in [2.45, 2.75) is 120 Å². The molecule has 0 spiro atoms. The van der Waals surface area contributed by atoms with Gasteiger partial charge in [-0.3, -0.25) is 19.2 Å². The summed E-state index contributed by atoms with van der Waals surface area (Å²) < 4.78 is 11.3. The number of carbonyl (C=O) groups excluding carboxylic acids is 4. The van der Waals surface area contributed by atoms with Crippen LogP contribution in [0, 0.1) is 38.5 Å². The van der Waals surface area contributed by atoms with Crippen LogP contribution in [0.5, 0.6) is 0 Å². The first-order chi connectivity index (χ1) is 33.8. The van der Waals surface area contributed by atoms with E-state index >= 15 is 0 Å². The lowest BCUT2D eigenvalue weighted by molar-refractivity contribution is 0.0898. The fraction of sp³-hybridized carbons (Fsp3) is 0.429. The van der Waals surface area contributed by atoms with Crippen molar-refractivity contribution >= 4 is 23.4 Å². The first kappa shape index (κ1) is 59.3. The predicted molar refractivity (Wildman–Crippen MR) is 294 cm³/mol. The van der Waals surface area contributed by atoms with Gasteiger partial charge in [-0.2, -0.15) is 0 Å². The van der Waals surface area contributed by atoms with Gasteiger partial charge in [0, 0.05) is 67.7 Å². The van der Waals surface area contributed by atoms with Gasteiger partial charge in [0.25, 0.3) is 11.8 Å². The van der Waals surface area contributed by atoms with Crippen LogP contribution in [0.15, 0.2) is 133 Å². The maximum absolute atomic E-state index is 13.6. The molecule has 2 atom stereocenters. The number of Topliss-reactive ketones (excluding diaryl/α,β-unsaturated/α-hetero) is 2. The van der Waals surface area contributed by atoms with Crippen molar-refractivity contribution in [1.29, 1.82) is 0 Å². The van der Waals surface area contributed by atoms with Crippen molar-refractivity contribution in [2.24, 2.45) is 17.8 Å². The number of carbonyl (C=O) groups is 4. The van der Waals surface area contributed by atoms with Gasteiger partial charge in [0.1, 0.15) is 0 Å². The molecule has 5 aromatic rings. The minimum absolute atomic E-state index is 0. The van der Waals surface area contributed by atoms with E-state index in [1.165, 1.54) is 33.4 Å². The highest BCUT2D eigenvalue weighted by Gasteiger charge is 2.21. The number of benzene rings is 5. The monoisotopic (exact) mass is 965 g/mol. The van der Waals surface area contributed by atoms with Crippen LogP contribution < -0.4 is 10.6 Å². The zero-order chi connectivity index (χ0) is 50.7. The Morgan fingerprint density at radius 1 is 0.507 bits per heavy atom. The summed E-state index contributed by atoms with van der Waals surface area (Å²) in [6.07, 6.45) is 8.50. The fourth-order valence-electron chi connectivity index (χ4n) is 7.52. The molecular weight excluding hydrogens is 881 g/mol. The molecule has 0 heterocycles. The van der Waals surface area contributed by atoms with Crippen LogP contribution in [-0.2, 0) is 28.7 Å². The van der Waals surface area contributed by atoms with E-state index in [0.717, 1.165) is 71.0 Å². The Morgan fingerprint density at radius 3 is 1.24 bits per heavy atom. The van der Waals surface area contributed by atoms with E-state index in [0.29, 0.717) is 72.4 Å². The Kier molecular flexibility index (Phi) is 27.4. The zero-order valence-corrected chi connectivity index (χ0v) is 43.2. The maximum Gasteiger partial charge on any atom is 0.251 e. The van der Waals surface area contributed by atoms with E-state index in [2.05, 4.69) is 138 Å². The molecule has 5 rings (SSSR count). The number of allylic oxidation sites excluding steroid dienone is 1.